The molecule has 0 saturated heterocycles. The van der Waals surface area contributed by atoms with Crippen LogP contribution >= 0.6 is 11.3 Å². The van der Waals surface area contributed by atoms with E-state index in [0.29, 0.717) is 23.0 Å². The molecule has 0 radical (unpaired) electrons. The third kappa shape index (κ3) is 4.10. The molecule has 0 aliphatic heterocycles. The van der Waals surface area contributed by atoms with Crippen LogP contribution in [0.5, 0.6) is 11.5 Å². The number of likely N-dealkylation sites (N-methyl/N-ethyl adjacent to an activating group) is 1. The van der Waals surface area contributed by atoms with E-state index in [1.807, 2.05) is 38.1 Å². The second kappa shape index (κ2) is 8.58. The maximum atomic E-state index is 13.3. The molecule has 1 amide bonds. The molecule has 3 aromatic rings. The first-order valence-electron chi connectivity index (χ1n) is 8.99. The molecule has 0 aliphatic rings. The number of fused-ring (bicyclic) bond motifs is 1. The summed E-state index contributed by atoms with van der Waals surface area (Å²) in [4.78, 5) is 21.8. The molecule has 0 bridgehead atoms. The Morgan fingerprint density at radius 2 is 1.75 bits per heavy atom. The molecule has 7 heteroatoms. The monoisotopic (exact) mass is 399 g/mol. The van der Waals surface area contributed by atoms with E-state index in [-0.39, 0.29) is 5.91 Å². The van der Waals surface area contributed by atoms with Gasteiger partial charge in [-0.2, -0.15) is 0 Å². The van der Waals surface area contributed by atoms with Gasteiger partial charge in [-0.1, -0.05) is 17.4 Å². The fourth-order valence-electron chi connectivity index (χ4n) is 2.85. The Hall–Kier alpha value is -2.64. The van der Waals surface area contributed by atoms with Crippen molar-refractivity contribution in [1.29, 1.82) is 0 Å². The Morgan fingerprint density at radius 3 is 2.36 bits per heavy atom. The van der Waals surface area contributed by atoms with E-state index in [4.69, 9.17) is 14.5 Å². The lowest BCUT2D eigenvalue weighted by Gasteiger charge is -2.22. The molecule has 0 fully saturated rings. The van der Waals surface area contributed by atoms with Crippen LogP contribution in [0, 0.1) is 6.92 Å². The van der Waals surface area contributed by atoms with Crippen molar-refractivity contribution in [3.8, 4) is 11.5 Å². The van der Waals surface area contributed by atoms with E-state index >= 15 is 0 Å². The molecule has 6 nitrogen and oxygen atoms in total. The zero-order valence-electron chi connectivity index (χ0n) is 16.9. The van der Waals surface area contributed by atoms with Gasteiger partial charge in [0.15, 0.2) is 5.13 Å². The second-order valence-electron chi connectivity index (χ2n) is 6.75. The first-order valence-corrected chi connectivity index (χ1v) is 9.81. The zero-order chi connectivity index (χ0) is 20.3. The van der Waals surface area contributed by atoms with Crippen LogP contribution in [0.4, 0.5) is 5.13 Å². The number of ether oxygens (including phenoxy) is 2. The number of anilines is 1. The van der Waals surface area contributed by atoms with Crippen LogP contribution in [-0.4, -0.2) is 57.2 Å². The van der Waals surface area contributed by atoms with Crippen molar-refractivity contribution in [2.75, 3.05) is 46.3 Å². The number of aromatic nitrogens is 1. The highest BCUT2D eigenvalue weighted by Crippen LogP contribution is 2.36. The topological polar surface area (TPSA) is 54.9 Å². The van der Waals surface area contributed by atoms with Crippen LogP contribution in [0.25, 0.3) is 10.2 Å². The van der Waals surface area contributed by atoms with Gasteiger partial charge in [-0.25, -0.2) is 4.98 Å². The van der Waals surface area contributed by atoms with Gasteiger partial charge in [0.2, 0.25) is 0 Å². The first-order chi connectivity index (χ1) is 13.4. The summed E-state index contributed by atoms with van der Waals surface area (Å²) >= 11 is 1.51. The molecule has 0 atom stereocenters. The molecular formula is C21H25N3O3S. The number of benzene rings is 2. The summed E-state index contributed by atoms with van der Waals surface area (Å²) in [5.41, 5.74) is 2.51. The van der Waals surface area contributed by atoms with Crippen molar-refractivity contribution < 1.29 is 14.3 Å². The summed E-state index contributed by atoms with van der Waals surface area (Å²) in [7, 11) is 7.22. The van der Waals surface area contributed by atoms with E-state index in [2.05, 4.69) is 0 Å². The van der Waals surface area contributed by atoms with Crippen LogP contribution in [0.1, 0.15) is 15.9 Å². The Labute approximate surface area is 169 Å². The predicted molar refractivity (Wildman–Crippen MR) is 114 cm³/mol. The summed E-state index contributed by atoms with van der Waals surface area (Å²) in [5, 5.41) is 0.672. The van der Waals surface area contributed by atoms with Crippen LogP contribution in [0.3, 0.4) is 0 Å². The van der Waals surface area contributed by atoms with Gasteiger partial charge in [0.1, 0.15) is 17.0 Å². The number of aryl methyl sites for hydroxylation is 1. The van der Waals surface area contributed by atoms with Crippen molar-refractivity contribution >= 4 is 32.6 Å². The summed E-state index contributed by atoms with van der Waals surface area (Å²) < 4.78 is 11.7. The first kappa shape index (κ1) is 20.1. The van der Waals surface area contributed by atoms with Crippen LogP contribution in [0.15, 0.2) is 36.4 Å². The number of hydrogen-bond donors (Lipinski definition) is 0. The van der Waals surface area contributed by atoms with Gasteiger partial charge in [-0.15, -0.1) is 0 Å². The van der Waals surface area contributed by atoms with Crippen LogP contribution in [-0.2, 0) is 0 Å². The minimum atomic E-state index is -0.0832. The smallest absolute Gasteiger partial charge is 0.260 e. The normalized spacial score (nSPS) is 11.1. The third-order valence-corrected chi connectivity index (χ3v) is 5.71. The van der Waals surface area contributed by atoms with Gasteiger partial charge >= 0.3 is 0 Å². The van der Waals surface area contributed by atoms with E-state index in [1.54, 1.807) is 43.4 Å². The van der Waals surface area contributed by atoms with Crippen molar-refractivity contribution in [2.45, 2.75) is 6.92 Å². The van der Waals surface area contributed by atoms with E-state index in [0.717, 1.165) is 28.1 Å². The van der Waals surface area contributed by atoms with Crippen molar-refractivity contribution in [3.05, 3.63) is 47.5 Å². The van der Waals surface area contributed by atoms with E-state index < -0.39 is 0 Å². The number of methoxy groups -OCH3 is 2. The summed E-state index contributed by atoms with van der Waals surface area (Å²) in [6, 6.07) is 11.1. The lowest BCUT2D eigenvalue weighted by atomic mass is 10.2. The molecule has 0 unspecified atom stereocenters. The predicted octanol–water partition coefficient (Wildman–Crippen LogP) is 3.83. The highest BCUT2D eigenvalue weighted by Gasteiger charge is 2.23. The van der Waals surface area contributed by atoms with Crippen molar-refractivity contribution in [1.82, 2.24) is 9.88 Å². The average Bonchev–Trinajstić information content (AvgIpc) is 3.14. The molecule has 1 heterocycles. The lowest BCUT2D eigenvalue weighted by molar-refractivity contribution is 0.0985. The minimum Gasteiger partial charge on any atom is -0.497 e. The molecule has 1 aromatic heterocycles. The minimum absolute atomic E-state index is 0.0832. The molecule has 28 heavy (non-hydrogen) atoms. The van der Waals surface area contributed by atoms with Crippen LogP contribution < -0.4 is 14.4 Å². The Morgan fingerprint density at radius 1 is 1.04 bits per heavy atom. The van der Waals surface area contributed by atoms with E-state index in [1.165, 1.54) is 11.3 Å². The van der Waals surface area contributed by atoms with Gasteiger partial charge < -0.3 is 14.4 Å². The van der Waals surface area contributed by atoms with Gasteiger partial charge in [0, 0.05) is 18.7 Å². The molecule has 148 valence electrons. The average molecular weight is 400 g/mol. The number of carbonyl (C=O) groups is 1. The SMILES string of the molecule is COc1ccc(C(=O)N(CCN(C)C)c2nc3c(OC)ccc(C)c3s2)cc1. The Bertz CT molecular complexity index is 967. The summed E-state index contributed by atoms with van der Waals surface area (Å²) in [5.74, 6) is 1.35. The van der Waals surface area contributed by atoms with Crippen LogP contribution in [0.2, 0.25) is 0 Å². The number of rotatable bonds is 7. The molecule has 0 aliphatic carbocycles. The van der Waals surface area contributed by atoms with Gasteiger partial charge in [-0.3, -0.25) is 9.69 Å². The highest BCUT2D eigenvalue weighted by atomic mass is 32.1. The zero-order valence-corrected chi connectivity index (χ0v) is 17.7. The number of hydrogen-bond acceptors (Lipinski definition) is 6. The largest absolute Gasteiger partial charge is 0.497 e. The second-order valence-corrected chi connectivity index (χ2v) is 7.72. The fourth-order valence-corrected chi connectivity index (χ4v) is 3.93. The number of carbonyl (C=O) groups excluding carboxylic acids is 1. The highest BCUT2D eigenvalue weighted by molar-refractivity contribution is 7.22. The number of amides is 1. The quantitative estimate of drug-likeness (QED) is 0.604. The maximum Gasteiger partial charge on any atom is 0.260 e. The van der Waals surface area contributed by atoms with Gasteiger partial charge in [-0.05, 0) is 56.9 Å². The number of nitrogens with zero attached hydrogens (tertiary/aromatic N) is 3. The summed E-state index contributed by atoms with van der Waals surface area (Å²) in [6.45, 7) is 3.31. The van der Waals surface area contributed by atoms with E-state index in [9.17, 15) is 4.79 Å². The lowest BCUT2D eigenvalue weighted by Crippen LogP contribution is -2.36. The summed E-state index contributed by atoms with van der Waals surface area (Å²) in [6.07, 6.45) is 0. The maximum absolute atomic E-state index is 13.3. The van der Waals surface area contributed by atoms with Gasteiger partial charge in [0.25, 0.3) is 5.91 Å². The van der Waals surface area contributed by atoms with Crippen molar-refractivity contribution in [3.63, 3.8) is 0 Å². The molecule has 0 N–H and O–H groups in total. The van der Waals surface area contributed by atoms with Gasteiger partial charge in [0.05, 0.1) is 18.9 Å². The molecule has 3 rings (SSSR count). The standard InChI is InChI=1S/C21H25N3O3S/c1-14-6-11-17(27-5)18-19(14)28-21(22-18)24(13-12-23(2)3)20(25)15-7-9-16(26-4)10-8-15/h6-11H,12-13H2,1-5H3. The Kier molecular flexibility index (Phi) is 6.16. The number of thiazole rings is 1. The Balaban J connectivity index is 2.02. The van der Waals surface area contributed by atoms with Crippen molar-refractivity contribution in [2.24, 2.45) is 0 Å². The molecule has 0 saturated carbocycles. The fraction of sp³-hybridized carbons (Fsp3) is 0.333. The molecule has 2 aromatic carbocycles. The third-order valence-electron chi connectivity index (χ3n) is 4.50. The molecular weight excluding hydrogens is 374 g/mol. The molecule has 0 spiro atoms.